The van der Waals surface area contributed by atoms with Gasteiger partial charge in [-0.2, -0.15) is 0 Å². The summed E-state index contributed by atoms with van der Waals surface area (Å²) in [5.74, 6) is 0. The summed E-state index contributed by atoms with van der Waals surface area (Å²) in [6.07, 6.45) is 0. The van der Waals surface area contributed by atoms with Crippen LogP contribution in [0.25, 0.3) is 122 Å². The highest BCUT2D eigenvalue weighted by Gasteiger charge is 2.17. The lowest BCUT2D eigenvalue weighted by molar-refractivity contribution is 1.18. The molecule has 0 saturated carbocycles. The van der Waals surface area contributed by atoms with Gasteiger partial charge in [0.05, 0.1) is 22.1 Å². The Kier molecular flexibility index (Phi) is 9.54. The van der Waals surface area contributed by atoms with Gasteiger partial charge in [0.15, 0.2) is 0 Å². The summed E-state index contributed by atoms with van der Waals surface area (Å²) in [5, 5.41) is 4.97. The average Bonchev–Trinajstić information content (AvgIpc) is 3.94. The Morgan fingerprint density at radius 3 is 0.868 bits per heavy atom. The normalized spacial score (nSPS) is 11.5. The summed E-state index contributed by atoms with van der Waals surface area (Å²) in [6, 6.07) is 97.3. The molecule has 0 amide bonds. The van der Waals surface area contributed by atoms with Crippen LogP contribution in [0.3, 0.4) is 0 Å². The molecule has 318 valence electrons. The van der Waals surface area contributed by atoms with Gasteiger partial charge in [-0.1, -0.05) is 194 Å². The van der Waals surface area contributed by atoms with Crippen LogP contribution in [-0.2, 0) is 0 Å². The zero-order chi connectivity index (χ0) is 45.0. The Labute approximate surface area is 395 Å². The van der Waals surface area contributed by atoms with Crippen LogP contribution in [0.5, 0.6) is 0 Å². The van der Waals surface area contributed by atoms with Crippen molar-refractivity contribution in [1.29, 1.82) is 0 Å². The van der Waals surface area contributed by atoms with Crippen LogP contribution in [0, 0.1) is 0 Å². The van der Waals surface area contributed by atoms with Crippen LogP contribution in [0.15, 0.2) is 267 Å². The zero-order valence-corrected chi connectivity index (χ0v) is 37.3. The molecule has 0 N–H and O–H groups in total. The van der Waals surface area contributed by atoms with Gasteiger partial charge in [0.1, 0.15) is 0 Å². The van der Waals surface area contributed by atoms with E-state index in [1.54, 1.807) is 0 Å². The van der Waals surface area contributed by atoms with E-state index in [0.717, 1.165) is 11.4 Å². The lowest BCUT2D eigenvalue weighted by Crippen LogP contribution is -1.94. The number of para-hydroxylation sites is 2. The van der Waals surface area contributed by atoms with Crippen molar-refractivity contribution in [3.63, 3.8) is 0 Å². The van der Waals surface area contributed by atoms with E-state index in [1.165, 1.54) is 110 Å². The standard InChI is InChI=1S/C66H44N2/c1-3-15-45(16-4-1)49-19-11-21-51(39-49)52-22-12-20-50(40-52)47-31-33-48(34-32-47)54-24-14-26-58(42-54)68-64-30-10-8-28-60(64)62-44-56(36-38-66(62)68)55-35-37-65-61(43-55)59-27-7-9-29-63(59)67(65)57-25-13-23-53(41-57)46-17-5-2-6-18-46/h1-44H. The van der Waals surface area contributed by atoms with Gasteiger partial charge < -0.3 is 9.13 Å². The van der Waals surface area contributed by atoms with Crippen molar-refractivity contribution in [2.24, 2.45) is 0 Å². The first kappa shape index (κ1) is 39.4. The Morgan fingerprint density at radius 1 is 0.162 bits per heavy atom. The number of benzene rings is 11. The first-order valence-corrected chi connectivity index (χ1v) is 23.4. The second-order valence-corrected chi connectivity index (χ2v) is 17.7. The number of hydrogen-bond donors (Lipinski definition) is 0. The molecule has 0 radical (unpaired) electrons. The molecule has 2 heteroatoms. The summed E-state index contributed by atoms with van der Waals surface area (Å²) in [7, 11) is 0. The zero-order valence-electron chi connectivity index (χ0n) is 37.3. The smallest absolute Gasteiger partial charge is 0.0541 e. The molecule has 2 aromatic heterocycles. The predicted octanol–water partition coefficient (Wildman–Crippen LogP) is 17.9. The molecule has 13 aromatic rings. The molecule has 0 aliphatic rings. The van der Waals surface area contributed by atoms with E-state index >= 15 is 0 Å². The van der Waals surface area contributed by atoms with Crippen molar-refractivity contribution in [2.75, 3.05) is 0 Å². The fourth-order valence-corrected chi connectivity index (χ4v) is 10.4. The number of hydrogen-bond acceptors (Lipinski definition) is 0. The Bertz CT molecular complexity index is 4000. The maximum absolute atomic E-state index is 2.42. The van der Waals surface area contributed by atoms with E-state index in [1.807, 2.05) is 0 Å². The molecule has 0 aliphatic carbocycles. The highest BCUT2D eigenvalue weighted by Crippen LogP contribution is 2.40. The van der Waals surface area contributed by atoms with Crippen molar-refractivity contribution in [2.45, 2.75) is 0 Å². The van der Waals surface area contributed by atoms with Crippen LogP contribution < -0.4 is 0 Å². The van der Waals surface area contributed by atoms with Crippen LogP contribution in [0.4, 0.5) is 0 Å². The second kappa shape index (κ2) is 16.5. The minimum Gasteiger partial charge on any atom is -0.309 e. The summed E-state index contributed by atoms with van der Waals surface area (Å²) in [6.45, 7) is 0. The Morgan fingerprint density at radius 2 is 0.441 bits per heavy atom. The lowest BCUT2D eigenvalue weighted by Gasteiger charge is -2.12. The number of rotatable bonds is 8. The number of aromatic nitrogens is 2. The Hall–Kier alpha value is -8.98. The van der Waals surface area contributed by atoms with E-state index in [4.69, 9.17) is 0 Å². The van der Waals surface area contributed by atoms with Gasteiger partial charge in [0.2, 0.25) is 0 Å². The summed E-state index contributed by atoms with van der Waals surface area (Å²) in [4.78, 5) is 0. The number of nitrogens with zero attached hydrogens (tertiary/aromatic N) is 2. The summed E-state index contributed by atoms with van der Waals surface area (Å²) >= 11 is 0. The third-order valence-electron chi connectivity index (χ3n) is 13.7. The molecule has 0 fully saturated rings. The topological polar surface area (TPSA) is 9.86 Å². The predicted molar refractivity (Wildman–Crippen MR) is 288 cm³/mol. The van der Waals surface area contributed by atoms with Gasteiger partial charge in [-0.05, 0) is 140 Å². The van der Waals surface area contributed by atoms with Gasteiger partial charge in [-0.15, -0.1) is 0 Å². The molecule has 2 nitrogen and oxygen atoms in total. The Balaban J connectivity index is 0.832. The third-order valence-corrected chi connectivity index (χ3v) is 13.7. The minimum atomic E-state index is 1.14. The number of fused-ring (bicyclic) bond motifs is 6. The van der Waals surface area contributed by atoms with Crippen molar-refractivity contribution in [1.82, 2.24) is 9.13 Å². The first-order valence-electron chi connectivity index (χ1n) is 23.4. The molecule has 0 aliphatic heterocycles. The molecule has 13 rings (SSSR count). The van der Waals surface area contributed by atoms with Gasteiger partial charge in [0, 0.05) is 32.9 Å². The molecular formula is C66H44N2. The third kappa shape index (κ3) is 6.90. The second-order valence-electron chi connectivity index (χ2n) is 17.7. The molecule has 0 atom stereocenters. The van der Waals surface area contributed by atoms with Crippen LogP contribution in [0.2, 0.25) is 0 Å². The molecule has 0 saturated heterocycles. The molecule has 11 aromatic carbocycles. The van der Waals surface area contributed by atoms with E-state index in [2.05, 4.69) is 276 Å². The van der Waals surface area contributed by atoms with Gasteiger partial charge >= 0.3 is 0 Å². The lowest BCUT2D eigenvalue weighted by atomic mass is 9.95. The van der Waals surface area contributed by atoms with Crippen LogP contribution in [0.1, 0.15) is 0 Å². The molecule has 68 heavy (non-hydrogen) atoms. The largest absolute Gasteiger partial charge is 0.309 e. The molecular weight excluding hydrogens is 821 g/mol. The summed E-state index contributed by atoms with van der Waals surface area (Å²) < 4.78 is 4.83. The van der Waals surface area contributed by atoms with Gasteiger partial charge in [-0.3, -0.25) is 0 Å². The van der Waals surface area contributed by atoms with Crippen molar-refractivity contribution >= 4 is 43.6 Å². The van der Waals surface area contributed by atoms with E-state index in [9.17, 15) is 0 Å². The highest BCUT2D eigenvalue weighted by atomic mass is 15.0. The minimum absolute atomic E-state index is 1.14. The molecule has 2 heterocycles. The van der Waals surface area contributed by atoms with E-state index in [-0.39, 0.29) is 0 Å². The average molecular weight is 865 g/mol. The van der Waals surface area contributed by atoms with Crippen LogP contribution >= 0.6 is 0 Å². The van der Waals surface area contributed by atoms with Gasteiger partial charge in [0.25, 0.3) is 0 Å². The van der Waals surface area contributed by atoms with Crippen molar-refractivity contribution in [3.05, 3.63) is 267 Å². The molecule has 0 bridgehead atoms. The van der Waals surface area contributed by atoms with E-state index in [0.29, 0.717) is 0 Å². The van der Waals surface area contributed by atoms with Crippen LogP contribution in [-0.4, -0.2) is 9.13 Å². The maximum Gasteiger partial charge on any atom is 0.0541 e. The van der Waals surface area contributed by atoms with Crippen molar-refractivity contribution < 1.29 is 0 Å². The van der Waals surface area contributed by atoms with Gasteiger partial charge in [-0.25, -0.2) is 0 Å². The highest BCUT2D eigenvalue weighted by molar-refractivity contribution is 6.13. The monoisotopic (exact) mass is 864 g/mol. The van der Waals surface area contributed by atoms with Crippen molar-refractivity contribution in [3.8, 4) is 78.1 Å². The first-order chi connectivity index (χ1) is 33.7. The molecule has 0 spiro atoms. The summed E-state index contributed by atoms with van der Waals surface area (Å²) in [5.41, 5.74) is 21.5. The quantitative estimate of drug-likeness (QED) is 0.144. The fraction of sp³-hybridized carbons (Fsp3) is 0. The van der Waals surface area contributed by atoms with E-state index < -0.39 is 0 Å². The SMILES string of the molecule is c1ccc(-c2cccc(-c3cccc(-c4ccc(-c5cccc(-n6c7ccccc7c7cc(-c8ccc9c(c8)c8ccccc8n9-c8cccc(-c9ccccc9)c8)ccc76)c5)cc4)c3)c2)cc1. The fourth-order valence-electron chi connectivity index (χ4n) is 10.4. The maximum atomic E-state index is 2.42. The molecule has 0 unspecified atom stereocenters.